The highest BCUT2D eigenvalue weighted by Crippen LogP contribution is 2.23. The molecule has 104 valence electrons. The van der Waals surface area contributed by atoms with Crippen molar-refractivity contribution in [2.24, 2.45) is 0 Å². The van der Waals surface area contributed by atoms with E-state index in [4.69, 9.17) is 4.74 Å². The van der Waals surface area contributed by atoms with Gasteiger partial charge in [-0.3, -0.25) is 14.9 Å². The number of aromatic hydroxyl groups is 1. The number of phenols is 1. The maximum Gasteiger partial charge on any atom is 0.282 e. The van der Waals surface area contributed by atoms with Crippen molar-refractivity contribution in [3.63, 3.8) is 0 Å². The third kappa shape index (κ3) is 4.22. The van der Waals surface area contributed by atoms with Gasteiger partial charge in [0.05, 0.1) is 11.0 Å². The molecular formula is C12H16N2O5. The van der Waals surface area contributed by atoms with Crippen molar-refractivity contribution in [2.45, 2.75) is 20.0 Å². The van der Waals surface area contributed by atoms with Crippen molar-refractivity contribution in [3.8, 4) is 5.75 Å². The minimum atomic E-state index is -0.666. The van der Waals surface area contributed by atoms with Gasteiger partial charge in [0, 0.05) is 19.2 Å². The lowest BCUT2D eigenvalue weighted by Crippen LogP contribution is -2.32. The topological polar surface area (TPSA) is 102 Å². The van der Waals surface area contributed by atoms with Crippen LogP contribution in [0.25, 0.3) is 0 Å². The molecule has 19 heavy (non-hydrogen) atoms. The van der Waals surface area contributed by atoms with Gasteiger partial charge in [0.15, 0.2) is 0 Å². The fourth-order valence-electron chi connectivity index (χ4n) is 1.54. The van der Waals surface area contributed by atoms with Crippen molar-refractivity contribution >= 4 is 11.6 Å². The Morgan fingerprint density at radius 1 is 1.58 bits per heavy atom. The van der Waals surface area contributed by atoms with Crippen LogP contribution in [-0.2, 0) is 4.74 Å². The minimum absolute atomic E-state index is 0.173. The van der Waals surface area contributed by atoms with Crippen molar-refractivity contribution in [1.82, 2.24) is 5.32 Å². The quantitative estimate of drug-likeness (QED) is 0.600. The van der Waals surface area contributed by atoms with E-state index >= 15 is 0 Å². The second-order valence-electron chi connectivity index (χ2n) is 3.93. The van der Waals surface area contributed by atoms with Crippen LogP contribution in [0, 0.1) is 10.1 Å². The molecule has 0 saturated heterocycles. The summed E-state index contributed by atoms with van der Waals surface area (Å²) in [6.07, 6.45) is -0.190. The number of carbonyl (C=O) groups is 1. The van der Waals surface area contributed by atoms with Crippen LogP contribution in [0.5, 0.6) is 5.75 Å². The van der Waals surface area contributed by atoms with Gasteiger partial charge in [0.1, 0.15) is 11.3 Å². The smallest absolute Gasteiger partial charge is 0.282 e. The Kier molecular flexibility index (Phi) is 5.25. The summed E-state index contributed by atoms with van der Waals surface area (Å²) in [4.78, 5) is 22.0. The second kappa shape index (κ2) is 6.69. The molecule has 0 aliphatic rings. The molecule has 7 nitrogen and oxygen atoms in total. The normalized spacial score (nSPS) is 11.9. The molecule has 1 aromatic carbocycles. The summed E-state index contributed by atoms with van der Waals surface area (Å²) >= 11 is 0. The number of amides is 1. The molecule has 7 heteroatoms. The van der Waals surface area contributed by atoms with E-state index in [1.807, 2.05) is 6.92 Å². The molecule has 0 aliphatic heterocycles. The molecule has 0 spiro atoms. The highest BCUT2D eigenvalue weighted by molar-refractivity contribution is 5.98. The Morgan fingerprint density at radius 3 is 2.84 bits per heavy atom. The van der Waals surface area contributed by atoms with Crippen LogP contribution in [0.4, 0.5) is 5.69 Å². The number of nitrogens with zero attached hydrogens (tertiary/aromatic N) is 1. The number of benzene rings is 1. The van der Waals surface area contributed by atoms with Crippen LogP contribution >= 0.6 is 0 Å². The predicted octanol–water partition coefficient (Wildman–Crippen LogP) is 1.46. The number of hydrogen-bond acceptors (Lipinski definition) is 5. The molecule has 1 aromatic rings. The molecule has 1 unspecified atom stereocenters. The standard InChI is InChI=1S/C12H16N2O5/c1-3-19-8(2)7-13-12(16)10-6-9(15)4-5-11(10)14(17)18/h4-6,8,15H,3,7H2,1-2H3,(H,13,16). The van der Waals surface area contributed by atoms with Crippen LogP contribution in [-0.4, -0.2) is 35.2 Å². The van der Waals surface area contributed by atoms with Gasteiger partial charge in [0.2, 0.25) is 0 Å². The average Bonchev–Trinajstić information content (AvgIpc) is 2.35. The van der Waals surface area contributed by atoms with Gasteiger partial charge in [-0.05, 0) is 26.0 Å². The zero-order valence-corrected chi connectivity index (χ0v) is 10.8. The lowest BCUT2D eigenvalue weighted by molar-refractivity contribution is -0.385. The van der Waals surface area contributed by atoms with Gasteiger partial charge in [0.25, 0.3) is 11.6 Å². The Labute approximate surface area is 110 Å². The third-order valence-corrected chi connectivity index (χ3v) is 2.42. The summed E-state index contributed by atoms with van der Waals surface area (Å²) in [6, 6.07) is 3.33. The fraction of sp³-hybridized carbons (Fsp3) is 0.417. The SMILES string of the molecule is CCOC(C)CNC(=O)c1cc(O)ccc1[N+](=O)[O-]. The van der Waals surface area contributed by atoms with Gasteiger partial charge in [-0.1, -0.05) is 0 Å². The maximum atomic E-state index is 11.8. The molecular weight excluding hydrogens is 252 g/mol. The van der Waals surface area contributed by atoms with Crippen LogP contribution in [0.1, 0.15) is 24.2 Å². The molecule has 0 aromatic heterocycles. The summed E-state index contributed by atoms with van der Waals surface area (Å²) in [5, 5.41) is 22.6. The van der Waals surface area contributed by atoms with Crippen LogP contribution in [0.2, 0.25) is 0 Å². The second-order valence-corrected chi connectivity index (χ2v) is 3.93. The largest absolute Gasteiger partial charge is 0.508 e. The summed E-state index contributed by atoms with van der Waals surface area (Å²) in [7, 11) is 0. The molecule has 1 atom stereocenters. The lowest BCUT2D eigenvalue weighted by atomic mass is 10.1. The number of ether oxygens (including phenoxy) is 1. The van der Waals surface area contributed by atoms with Gasteiger partial charge in [-0.2, -0.15) is 0 Å². The van der Waals surface area contributed by atoms with Crippen LogP contribution < -0.4 is 5.32 Å². The van der Waals surface area contributed by atoms with Gasteiger partial charge in [-0.15, -0.1) is 0 Å². The number of hydrogen-bond donors (Lipinski definition) is 2. The molecule has 0 saturated carbocycles. The highest BCUT2D eigenvalue weighted by atomic mass is 16.6. The van der Waals surface area contributed by atoms with E-state index in [1.54, 1.807) is 6.92 Å². The summed E-state index contributed by atoms with van der Waals surface area (Å²) in [5.74, 6) is -0.817. The number of carbonyl (C=O) groups excluding carboxylic acids is 1. The third-order valence-electron chi connectivity index (χ3n) is 2.42. The zero-order chi connectivity index (χ0) is 14.4. The monoisotopic (exact) mass is 268 g/mol. The van der Waals surface area contributed by atoms with E-state index < -0.39 is 10.8 Å². The Balaban J connectivity index is 2.81. The number of nitrogens with one attached hydrogen (secondary N) is 1. The lowest BCUT2D eigenvalue weighted by Gasteiger charge is -2.12. The number of nitro groups is 1. The predicted molar refractivity (Wildman–Crippen MR) is 68.2 cm³/mol. The van der Waals surface area contributed by atoms with E-state index in [0.717, 1.165) is 18.2 Å². The van der Waals surface area contributed by atoms with Gasteiger partial charge < -0.3 is 15.2 Å². The van der Waals surface area contributed by atoms with E-state index in [9.17, 15) is 20.0 Å². The Bertz CT molecular complexity index is 475. The molecule has 1 amide bonds. The minimum Gasteiger partial charge on any atom is -0.508 e. The fourth-order valence-corrected chi connectivity index (χ4v) is 1.54. The number of nitro benzene ring substituents is 1. The number of rotatable bonds is 6. The van der Waals surface area contributed by atoms with E-state index in [2.05, 4.69) is 5.32 Å². The van der Waals surface area contributed by atoms with Crippen molar-refractivity contribution < 1.29 is 19.6 Å². The Morgan fingerprint density at radius 2 is 2.26 bits per heavy atom. The summed E-state index contributed by atoms with van der Waals surface area (Å²) in [5.41, 5.74) is -0.520. The first-order valence-electron chi connectivity index (χ1n) is 5.83. The van der Waals surface area contributed by atoms with Crippen molar-refractivity contribution in [1.29, 1.82) is 0 Å². The van der Waals surface area contributed by atoms with Gasteiger partial charge >= 0.3 is 0 Å². The van der Waals surface area contributed by atoms with Crippen molar-refractivity contribution in [2.75, 3.05) is 13.2 Å². The van der Waals surface area contributed by atoms with E-state index in [1.165, 1.54) is 0 Å². The first kappa shape index (κ1) is 14.9. The number of phenolic OH excluding ortho intramolecular Hbond substituents is 1. The molecule has 0 aliphatic carbocycles. The van der Waals surface area contributed by atoms with Gasteiger partial charge in [-0.25, -0.2) is 0 Å². The molecule has 0 bridgehead atoms. The first-order valence-corrected chi connectivity index (χ1v) is 5.83. The molecule has 1 rings (SSSR count). The molecule has 0 radical (unpaired) electrons. The van der Waals surface area contributed by atoms with Crippen LogP contribution in [0.3, 0.4) is 0 Å². The highest BCUT2D eigenvalue weighted by Gasteiger charge is 2.20. The summed E-state index contributed by atoms with van der Waals surface area (Å²) in [6.45, 7) is 4.36. The van der Waals surface area contributed by atoms with Crippen molar-refractivity contribution in [3.05, 3.63) is 33.9 Å². The maximum absolute atomic E-state index is 11.8. The molecule has 0 fully saturated rings. The molecule has 2 N–H and O–H groups in total. The first-order chi connectivity index (χ1) is 8.95. The van der Waals surface area contributed by atoms with Crippen LogP contribution in [0.15, 0.2) is 18.2 Å². The van der Waals surface area contributed by atoms with E-state index in [0.29, 0.717) is 6.61 Å². The van der Waals surface area contributed by atoms with E-state index in [-0.39, 0.29) is 29.6 Å². The molecule has 0 heterocycles. The summed E-state index contributed by atoms with van der Waals surface area (Å²) < 4.78 is 5.23. The Hall–Kier alpha value is -2.15. The zero-order valence-electron chi connectivity index (χ0n) is 10.8. The average molecular weight is 268 g/mol.